The monoisotopic (exact) mass is 283 g/mol. The molecule has 15 heavy (non-hydrogen) atoms. The van der Waals surface area contributed by atoms with E-state index >= 15 is 0 Å². The van der Waals surface area contributed by atoms with Gasteiger partial charge in [-0.1, -0.05) is 15.9 Å². The summed E-state index contributed by atoms with van der Waals surface area (Å²) in [6, 6.07) is 0. The number of aromatic nitrogens is 2. The smallest absolute Gasteiger partial charge is 0.345 e. The highest BCUT2D eigenvalue weighted by molar-refractivity contribution is 9.09. The summed E-state index contributed by atoms with van der Waals surface area (Å²) < 4.78 is 36.6. The zero-order valence-corrected chi connectivity index (χ0v) is 9.29. The first kappa shape index (κ1) is 12.2. The second-order valence-electron chi connectivity index (χ2n) is 2.79. The van der Waals surface area contributed by atoms with E-state index < -0.39 is 12.7 Å². The molecule has 0 amide bonds. The van der Waals surface area contributed by atoms with Crippen molar-refractivity contribution >= 4 is 21.7 Å². The Morgan fingerprint density at radius 3 is 2.53 bits per heavy atom. The topological polar surface area (TPSA) is 29.0 Å². The zero-order valence-electron chi connectivity index (χ0n) is 7.71. The largest absolute Gasteiger partial charge is 0.405 e. The Kier molecular flexibility index (Phi) is 4.31. The Balaban J connectivity index is 2.75. The van der Waals surface area contributed by atoms with Crippen LogP contribution in [0.3, 0.4) is 0 Å². The Morgan fingerprint density at radius 1 is 1.33 bits per heavy atom. The molecular formula is C8H9BrF3N3. The molecule has 0 unspecified atom stereocenters. The summed E-state index contributed by atoms with van der Waals surface area (Å²) in [6.07, 6.45) is -0.134. The SMILES string of the molecule is FC(F)(F)CN(CCBr)c1cnccn1. The highest BCUT2D eigenvalue weighted by atomic mass is 79.9. The average molecular weight is 284 g/mol. The van der Waals surface area contributed by atoms with Gasteiger partial charge in [0, 0.05) is 24.3 Å². The molecule has 0 aromatic carbocycles. The molecule has 7 heteroatoms. The summed E-state index contributed by atoms with van der Waals surface area (Å²) in [5.74, 6) is 0.231. The summed E-state index contributed by atoms with van der Waals surface area (Å²) in [7, 11) is 0. The lowest BCUT2D eigenvalue weighted by molar-refractivity contribution is -0.119. The van der Waals surface area contributed by atoms with E-state index in [1.54, 1.807) is 0 Å². The first-order chi connectivity index (χ1) is 7.03. The van der Waals surface area contributed by atoms with Crippen molar-refractivity contribution in [2.75, 3.05) is 23.3 Å². The number of halogens is 4. The Morgan fingerprint density at radius 2 is 2.07 bits per heavy atom. The third-order valence-corrected chi connectivity index (χ3v) is 1.95. The van der Waals surface area contributed by atoms with E-state index in [9.17, 15) is 13.2 Å². The van der Waals surface area contributed by atoms with Gasteiger partial charge >= 0.3 is 6.18 Å². The normalized spacial score (nSPS) is 11.5. The number of nitrogens with zero attached hydrogens (tertiary/aromatic N) is 3. The summed E-state index contributed by atoms with van der Waals surface area (Å²) >= 11 is 3.10. The predicted octanol–water partition coefficient (Wildman–Crippen LogP) is 2.24. The molecule has 0 spiro atoms. The molecule has 0 fully saturated rings. The Bertz CT molecular complexity index is 291. The highest BCUT2D eigenvalue weighted by Crippen LogP contribution is 2.19. The molecule has 0 aliphatic rings. The third-order valence-electron chi connectivity index (χ3n) is 1.60. The number of anilines is 1. The number of hydrogen-bond donors (Lipinski definition) is 0. The molecule has 0 radical (unpaired) electrons. The lowest BCUT2D eigenvalue weighted by Crippen LogP contribution is -2.36. The van der Waals surface area contributed by atoms with Crippen LogP contribution < -0.4 is 4.90 Å². The van der Waals surface area contributed by atoms with Crippen LogP contribution in [-0.2, 0) is 0 Å². The molecule has 0 aliphatic carbocycles. The van der Waals surface area contributed by atoms with E-state index in [0.29, 0.717) is 5.33 Å². The van der Waals surface area contributed by atoms with E-state index in [1.165, 1.54) is 18.6 Å². The van der Waals surface area contributed by atoms with Gasteiger partial charge in [-0.15, -0.1) is 0 Å². The predicted molar refractivity (Wildman–Crippen MR) is 54.1 cm³/mol. The van der Waals surface area contributed by atoms with E-state index in [1.807, 2.05) is 0 Å². The molecule has 0 atom stereocenters. The Labute approximate surface area is 93.5 Å². The molecule has 0 N–H and O–H groups in total. The van der Waals surface area contributed by atoms with E-state index in [0.717, 1.165) is 4.90 Å². The van der Waals surface area contributed by atoms with Crippen LogP contribution in [0.25, 0.3) is 0 Å². The van der Waals surface area contributed by atoms with Gasteiger partial charge in [-0.25, -0.2) is 4.98 Å². The van der Waals surface area contributed by atoms with Gasteiger partial charge in [0.25, 0.3) is 0 Å². The maximum Gasteiger partial charge on any atom is 0.405 e. The summed E-state index contributed by atoms with van der Waals surface area (Å²) in [5.41, 5.74) is 0. The van der Waals surface area contributed by atoms with Crippen LogP contribution in [0.5, 0.6) is 0 Å². The number of alkyl halides is 4. The minimum Gasteiger partial charge on any atom is -0.345 e. The minimum absolute atomic E-state index is 0.231. The summed E-state index contributed by atoms with van der Waals surface area (Å²) in [4.78, 5) is 8.68. The molecule has 1 rings (SSSR count). The van der Waals surface area contributed by atoms with Crippen molar-refractivity contribution < 1.29 is 13.2 Å². The maximum atomic E-state index is 12.2. The van der Waals surface area contributed by atoms with Crippen molar-refractivity contribution in [3.8, 4) is 0 Å². The van der Waals surface area contributed by atoms with Crippen LogP contribution in [0.4, 0.5) is 19.0 Å². The molecule has 0 saturated heterocycles. The number of rotatable bonds is 4. The molecule has 0 bridgehead atoms. The van der Waals surface area contributed by atoms with Gasteiger partial charge in [0.05, 0.1) is 6.20 Å². The van der Waals surface area contributed by atoms with E-state index in [-0.39, 0.29) is 12.4 Å². The molecule has 3 nitrogen and oxygen atoms in total. The van der Waals surface area contributed by atoms with E-state index in [2.05, 4.69) is 25.9 Å². The van der Waals surface area contributed by atoms with Crippen LogP contribution in [0.1, 0.15) is 0 Å². The second kappa shape index (κ2) is 5.29. The molecule has 0 aliphatic heterocycles. The fourth-order valence-electron chi connectivity index (χ4n) is 1.05. The van der Waals surface area contributed by atoms with Crippen LogP contribution in [-0.4, -0.2) is 34.6 Å². The third kappa shape index (κ3) is 4.46. The van der Waals surface area contributed by atoms with Gasteiger partial charge in [-0.3, -0.25) is 4.98 Å². The fourth-order valence-corrected chi connectivity index (χ4v) is 1.48. The van der Waals surface area contributed by atoms with Crippen molar-refractivity contribution in [3.05, 3.63) is 18.6 Å². The van der Waals surface area contributed by atoms with Crippen LogP contribution in [0.15, 0.2) is 18.6 Å². The zero-order chi connectivity index (χ0) is 11.3. The van der Waals surface area contributed by atoms with Crippen molar-refractivity contribution in [1.29, 1.82) is 0 Å². The lowest BCUT2D eigenvalue weighted by atomic mass is 10.4. The van der Waals surface area contributed by atoms with Gasteiger partial charge in [-0.2, -0.15) is 13.2 Å². The average Bonchev–Trinajstić information content (AvgIpc) is 2.17. The summed E-state index contributed by atoms with van der Waals surface area (Å²) in [5, 5.41) is 0.444. The van der Waals surface area contributed by atoms with Crippen LogP contribution in [0, 0.1) is 0 Å². The summed E-state index contributed by atoms with van der Waals surface area (Å²) in [6.45, 7) is -0.782. The van der Waals surface area contributed by atoms with Crippen molar-refractivity contribution in [2.24, 2.45) is 0 Å². The lowest BCUT2D eigenvalue weighted by Gasteiger charge is -2.23. The van der Waals surface area contributed by atoms with Gasteiger partial charge in [-0.05, 0) is 0 Å². The molecule has 1 heterocycles. The standard InChI is InChI=1S/C8H9BrF3N3/c9-1-4-15(6-8(10,11)12)7-5-13-2-3-14-7/h2-3,5H,1,4,6H2. The van der Waals surface area contributed by atoms with Gasteiger partial charge in [0.2, 0.25) is 0 Å². The number of hydrogen-bond acceptors (Lipinski definition) is 3. The molecule has 0 saturated carbocycles. The maximum absolute atomic E-state index is 12.2. The quantitative estimate of drug-likeness (QED) is 0.794. The van der Waals surface area contributed by atoms with Crippen LogP contribution in [0.2, 0.25) is 0 Å². The van der Waals surface area contributed by atoms with Crippen molar-refractivity contribution in [3.63, 3.8) is 0 Å². The molecular weight excluding hydrogens is 275 g/mol. The molecule has 1 aromatic rings. The van der Waals surface area contributed by atoms with Crippen molar-refractivity contribution in [2.45, 2.75) is 6.18 Å². The second-order valence-corrected chi connectivity index (χ2v) is 3.58. The highest BCUT2D eigenvalue weighted by Gasteiger charge is 2.31. The first-order valence-electron chi connectivity index (χ1n) is 4.16. The van der Waals surface area contributed by atoms with Crippen molar-refractivity contribution in [1.82, 2.24) is 9.97 Å². The molecule has 1 aromatic heterocycles. The van der Waals surface area contributed by atoms with Gasteiger partial charge in [0.15, 0.2) is 0 Å². The Hall–Kier alpha value is -0.850. The molecule has 84 valence electrons. The van der Waals surface area contributed by atoms with E-state index in [4.69, 9.17) is 0 Å². The van der Waals surface area contributed by atoms with Gasteiger partial charge < -0.3 is 4.90 Å². The first-order valence-corrected chi connectivity index (χ1v) is 5.29. The van der Waals surface area contributed by atoms with Crippen LogP contribution >= 0.6 is 15.9 Å². The fraction of sp³-hybridized carbons (Fsp3) is 0.500. The minimum atomic E-state index is -4.24. The van der Waals surface area contributed by atoms with Gasteiger partial charge in [0.1, 0.15) is 12.4 Å².